The van der Waals surface area contributed by atoms with Crippen LogP contribution in [-0.2, 0) is 39.9 Å². The van der Waals surface area contributed by atoms with Gasteiger partial charge in [0.1, 0.15) is 0 Å². The Morgan fingerprint density at radius 1 is 0.712 bits per heavy atom. The number of fused-ring (bicyclic) bond motifs is 3. The van der Waals surface area contributed by atoms with E-state index in [1.165, 1.54) is 0 Å². The van der Waals surface area contributed by atoms with E-state index in [0.29, 0.717) is 95.4 Å². The molecule has 0 bridgehead atoms. The number of rotatable bonds is 27. The third-order valence-electron chi connectivity index (χ3n) is 9.70. The highest BCUT2D eigenvalue weighted by Gasteiger charge is 2.42. The molecule has 3 aliphatic heterocycles. The Kier molecular flexibility index (Phi) is 20.6. The van der Waals surface area contributed by atoms with Gasteiger partial charge >= 0.3 is 6.03 Å². The van der Waals surface area contributed by atoms with Gasteiger partial charge in [-0.25, -0.2) is 4.79 Å². The molecule has 2 aromatic rings. The number of anilines is 1. The first-order valence-electron chi connectivity index (χ1n) is 20.3. The zero-order valence-electron chi connectivity index (χ0n) is 33.4. The second-order valence-electron chi connectivity index (χ2n) is 14.1. The molecule has 2 aromatic carbocycles. The summed E-state index contributed by atoms with van der Waals surface area (Å²) in [4.78, 5) is 63.3. The number of hydrogen-bond acceptors (Lipinski definition) is 11. The van der Waals surface area contributed by atoms with Gasteiger partial charge in [0.05, 0.1) is 64.0 Å². The summed E-state index contributed by atoms with van der Waals surface area (Å²) < 4.78 is 16.5. The third kappa shape index (κ3) is 16.6. The van der Waals surface area contributed by atoms with Crippen molar-refractivity contribution >= 4 is 68.7 Å². The molecule has 0 unspecified atom stereocenters. The molecule has 3 aliphatic rings. The number of carbonyl (C=O) groups is 5. The van der Waals surface area contributed by atoms with Gasteiger partial charge in [-0.05, 0) is 36.6 Å². The number of nitrogens with one attached hydrogen (secondary N) is 5. The lowest BCUT2D eigenvalue weighted by Crippen LogP contribution is -2.36. The summed E-state index contributed by atoms with van der Waals surface area (Å²) in [5.41, 5.74) is 3.40. The van der Waals surface area contributed by atoms with Crippen LogP contribution in [0.4, 0.5) is 10.5 Å². The SMILES string of the molecule is O=C(CCCC[C@H]1SC[C@H]2NC(=O)N[C@H]21)NCCOCCOCCOCCNC(=O)CCSSCCNC(=O)CCC(=O)N1Cc2ccccc2C#Cc2ccccc21. The predicted octanol–water partition coefficient (Wildman–Crippen LogP) is 3.61. The van der Waals surface area contributed by atoms with Crippen LogP contribution < -0.4 is 31.5 Å². The summed E-state index contributed by atoms with van der Waals surface area (Å²) in [7, 11) is 3.17. The molecule has 0 aromatic heterocycles. The first kappa shape index (κ1) is 46.2. The Morgan fingerprint density at radius 2 is 1.34 bits per heavy atom. The number of hydrogen-bond donors (Lipinski definition) is 5. The first-order valence-corrected chi connectivity index (χ1v) is 23.9. The van der Waals surface area contributed by atoms with Crippen molar-refractivity contribution in [3.05, 3.63) is 65.2 Å². The maximum atomic E-state index is 13.3. The topological polar surface area (TPSA) is 176 Å². The zero-order chi connectivity index (χ0) is 41.5. The number of para-hydroxylation sites is 1. The van der Waals surface area contributed by atoms with E-state index >= 15 is 0 Å². The maximum absolute atomic E-state index is 13.3. The maximum Gasteiger partial charge on any atom is 0.315 e. The molecule has 0 aliphatic carbocycles. The van der Waals surface area contributed by atoms with Gasteiger partial charge in [-0.3, -0.25) is 19.2 Å². The van der Waals surface area contributed by atoms with Gasteiger partial charge in [0.2, 0.25) is 23.6 Å². The van der Waals surface area contributed by atoms with Gasteiger partial charge in [-0.1, -0.05) is 70.2 Å². The number of unbranched alkanes of at least 4 members (excludes halogenated alkanes) is 1. The van der Waals surface area contributed by atoms with Crippen LogP contribution in [0.5, 0.6) is 0 Å². The van der Waals surface area contributed by atoms with E-state index in [4.69, 9.17) is 14.2 Å². The fraction of sp³-hybridized carbons (Fsp3) is 0.548. The van der Waals surface area contributed by atoms with Crippen LogP contribution in [0.2, 0.25) is 0 Å². The average molecular weight is 869 g/mol. The van der Waals surface area contributed by atoms with E-state index < -0.39 is 0 Å². The summed E-state index contributed by atoms with van der Waals surface area (Å²) in [5.74, 6) is 8.38. The van der Waals surface area contributed by atoms with Gasteiger partial charge in [0.15, 0.2) is 0 Å². The van der Waals surface area contributed by atoms with Crippen molar-refractivity contribution in [3.63, 3.8) is 0 Å². The van der Waals surface area contributed by atoms with Gasteiger partial charge in [-0.15, -0.1) is 0 Å². The van der Waals surface area contributed by atoms with Crippen LogP contribution in [0.25, 0.3) is 0 Å². The Labute approximate surface area is 359 Å². The monoisotopic (exact) mass is 868 g/mol. The van der Waals surface area contributed by atoms with Gasteiger partial charge in [0.25, 0.3) is 0 Å². The Balaban J connectivity index is 0.759. The predicted molar refractivity (Wildman–Crippen MR) is 234 cm³/mol. The molecule has 3 atom stereocenters. The molecule has 6 amide bonds. The molecule has 0 radical (unpaired) electrons. The molecule has 320 valence electrons. The van der Waals surface area contributed by atoms with Crippen molar-refractivity contribution in [1.29, 1.82) is 0 Å². The van der Waals surface area contributed by atoms with Gasteiger partial charge < -0.3 is 45.7 Å². The van der Waals surface area contributed by atoms with Crippen LogP contribution in [0.15, 0.2) is 48.5 Å². The molecule has 59 heavy (non-hydrogen) atoms. The standard InChI is InChI=1S/C42H56N6O8S3/c49-37(12-6-5-11-36-41-34(30-57-36)46-42(53)47-41)43-18-21-54-23-25-56-26-24-55-22-19-44-39(51)17-27-58-59-28-20-45-38(50)15-16-40(52)48-29-33-9-2-1-7-31(33)13-14-32-8-3-4-10-35(32)48/h1-4,7-10,34,36,41H,5-6,11-12,15-30H2,(H,43,49)(H,44,51)(H,45,50)(H2,46,47,53)/t34-,36-,41-/m1/s1. The molecule has 0 saturated carbocycles. The second kappa shape index (κ2) is 26.3. The van der Waals surface area contributed by atoms with E-state index in [1.807, 2.05) is 60.3 Å². The van der Waals surface area contributed by atoms with Crippen molar-refractivity contribution < 1.29 is 38.2 Å². The van der Waals surface area contributed by atoms with Crippen molar-refractivity contribution in [1.82, 2.24) is 26.6 Å². The number of ether oxygens (including phenoxy) is 3. The van der Waals surface area contributed by atoms with Crippen molar-refractivity contribution in [2.75, 3.05) is 81.4 Å². The highest BCUT2D eigenvalue weighted by atomic mass is 33.1. The molecule has 2 fully saturated rings. The molecule has 5 rings (SSSR count). The van der Waals surface area contributed by atoms with Crippen molar-refractivity contribution in [2.45, 2.75) is 68.8 Å². The Hall–Kier alpha value is -3.92. The normalized spacial score (nSPS) is 17.5. The fourth-order valence-corrected chi connectivity index (χ4v) is 10.1. The molecule has 3 heterocycles. The number of carbonyl (C=O) groups excluding carboxylic acids is 5. The summed E-state index contributed by atoms with van der Waals surface area (Å²) in [5, 5.41) is 15.0. The number of amides is 6. The number of benzene rings is 2. The lowest BCUT2D eigenvalue weighted by Gasteiger charge is -2.26. The summed E-state index contributed by atoms with van der Waals surface area (Å²) in [6.07, 6.45) is 3.85. The van der Waals surface area contributed by atoms with E-state index in [2.05, 4.69) is 38.4 Å². The smallest absolute Gasteiger partial charge is 0.315 e. The van der Waals surface area contributed by atoms with Crippen LogP contribution in [0.3, 0.4) is 0 Å². The quantitative estimate of drug-likeness (QED) is 0.0384. The minimum absolute atomic E-state index is 0.0251. The van der Waals surface area contributed by atoms with Crippen molar-refractivity contribution in [3.8, 4) is 11.8 Å². The summed E-state index contributed by atoms with van der Waals surface area (Å²) in [6, 6.07) is 15.8. The lowest BCUT2D eigenvalue weighted by molar-refractivity contribution is -0.125. The van der Waals surface area contributed by atoms with Gasteiger partial charge in [-0.2, -0.15) is 11.8 Å². The summed E-state index contributed by atoms with van der Waals surface area (Å²) in [6.45, 7) is 4.25. The summed E-state index contributed by atoms with van der Waals surface area (Å²) >= 11 is 1.89. The van der Waals surface area contributed by atoms with Crippen LogP contribution in [-0.4, -0.2) is 124 Å². The van der Waals surface area contributed by atoms with Crippen LogP contribution in [0.1, 0.15) is 61.6 Å². The third-order valence-corrected chi connectivity index (χ3v) is 13.6. The highest BCUT2D eigenvalue weighted by Crippen LogP contribution is 2.33. The minimum atomic E-state index is -0.169. The molecule has 0 spiro atoms. The number of nitrogens with zero attached hydrogens (tertiary/aromatic N) is 1. The molecule has 14 nitrogen and oxygen atoms in total. The molecular weight excluding hydrogens is 813 g/mol. The molecule has 5 N–H and O–H groups in total. The minimum Gasteiger partial charge on any atom is -0.377 e. The average Bonchev–Trinajstić information content (AvgIpc) is 3.79. The molecular formula is C42H56N6O8S3. The van der Waals surface area contributed by atoms with Gasteiger partial charge in [0, 0.05) is 79.0 Å². The number of urea groups is 1. The fourth-order valence-electron chi connectivity index (χ4n) is 6.65. The van der Waals surface area contributed by atoms with E-state index in [1.54, 1.807) is 26.5 Å². The Bertz CT molecular complexity index is 1760. The molecule has 2 saturated heterocycles. The molecule has 17 heteroatoms. The Morgan fingerprint density at radius 3 is 2.12 bits per heavy atom. The lowest BCUT2D eigenvalue weighted by atomic mass is 10.0. The van der Waals surface area contributed by atoms with E-state index in [0.717, 1.165) is 47.4 Å². The first-order chi connectivity index (χ1) is 28.9. The van der Waals surface area contributed by atoms with Crippen LogP contribution in [0, 0.1) is 11.8 Å². The van der Waals surface area contributed by atoms with E-state index in [-0.39, 0.29) is 54.6 Å². The zero-order valence-corrected chi connectivity index (χ0v) is 35.9. The van der Waals surface area contributed by atoms with Crippen LogP contribution >= 0.6 is 33.3 Å². The van der Waals surface area contributed by atoms with Crippen molar-refractivity contribution in [2.24, 2.45) is 0 Å². The second-order valence-corrected chi connectivity index (χ2v) is 18.0. The number of thioether (sulfide) groups is 1. The largest absolute Gasteiger partial charge is 0.377 e. The highest BCUT2D eigenvalue weighted by molar-refractivity contribution is 8.76. The van der Waals surface area contributed by atoms with E-state index in [9.17, 15) is 24.0 Å².